The summed E-state index contributed by atoms with van der Waals surface area (Å²) in [5.41, 5.74) is 0.929. The van der Waals surface area contributed by atoms with Crippen molar-refractivity contribution in [2.45, 2.75) is 12.5 Å². The van der Waals surface area contributed by atoms with Crippen LogP contribution in [0, 0.1) is 0 Å². The van der Waals surface area contributed by atoms with Crippen molar-refractivity contribution in [3.05, 3.63) is 47.0 Å². The Morgan fingerprint density at radius 1 is 1.42 bits per heavy atom. The number of rotatable bonds is 3. The van der Waals surface area contributed by atoms with Gasteiger partial charge in [-0.05, 0) is 10.0 Å². The predicted octanol–water partition coefficient (Wildman–Crippen LogP) is 3.02. The molecule has 1 N–H and O–H groups in total. The van der Waals surface area contributed by atoms with Gasteiger partial charge in [0.15, 0.2) is 0 Å². The van der Waals surface area contributed by atoms with Crippen LogP contribution in [-0.4, -0.2) is 5.11 Å². The minimum Gasteiger partial charge on any atom is -0.388 e. The molecule has 0 radical (unpaired) electrons. The zero-order valence-electron chi connectivity index (χ0n) is 6.70. The monoisotopic (exact) mass is 226 g/mol. The van der Waals surface area contributed by atoms with Gasteiger partial charge in [-0.15, -0.1) is 0 Å². The molecular weight excluding hydrogens is 216 g/mol. The molecule has 0 aliphatic carbocycles. The molecule has 1 rings (SSSR count). The van der Waals surface area contributed by atoms with E-state index in [1.54, 1.807) is 0 Å². The van der Waals surface area contributed by atoms with Crippen molar-refractivity contribution < 1.29 is 5.11 Å². The first kappa shape index (κ1) is 9.49. The highest BCUT2D eigenvalue weighted by atomic mass is 79.9. The topological polar surface area (TPSA) is 20.2 Å². The van der Waals surface area contributed by atoms with Gasteiger partial charge in [-0.3, -0.25) is 0 Å². The number of hydrogen-bond donors (Lipinski definition) is 1. The van der Waals surface area contributed by atoms with Crippen molar-refractivity contribution in [1.29, 1.82) is 0 Å². The summed E-state index contributed by atoms with van der Waals surface area (Å²) in [5.74, 6) is 0. The lowest BCUT2D eigenvalue weighted by molar-refractivity contribution is 0.181. The van der Waals surface area contributed by atoms with E-state index in [4.69, 9.17) is 0 Å². The Morgan fingerprint density at radius 2 is 2.00 bits per heavy atom. The molecule has 1 unspecified atom stereocenters. The van der Waals surface area contributed by atoms with Gasteiger partial charge >= 0.3 is 0 Å². The highest BCUT2D eigenvalue weighted by Crippen LogP contribution is 2.22. The fraction of sp³-hybridized carbons (Fsp3) is 0.200. The van der Waals surface area contributed by atoms with Gasteiger partial charge < -0.3 is 5.11 Å². The molecule has 64 valence electrons. The summed E-state index contributed by atoms with van der Waals surface area (Å²) >= 11 is 3.22. The molecule has 1 aromatic rings. The molecule has 1 nitrogen and oxygen atoms in total. The molecule has 0 amide bonds. The fourth-order valence-corrected chi connectivity index (χ4v) is 1.31. The number of aliphatic hydroxyl groups excluding tert-OH is 1. The minimum absolute atomic E-state index is 0.446. The second-order valence-electron chi connectivity index (χ2n) is 2.65. The Balaban J connectivity index is 2.65. The summed E-state index contributed by atoms with van der Waals surface area (Å²) in [6, 6.07) is 9.56. The Hall–Kier alpha value is -0.600. The largest absolute Gasteiger partial charge is 0.388 e. The van der Waals surface area contributed by atoms with Gasteiger partial charge in [0.05, 0.1) is 6.10 Å². The van der Waals surface area contributed by atoms with Crippen LogP contribution in [0.1, 0.15) is 18.1 Å². The summed E-state index contributed by atoms with van der Waals surface area (Å²) in [6.07, 6.45) is 0.113. The third-order valence-corrected chi connectivity index (χ3v) is 1.92. The predicted molar refractivity (Wildman–Crippen MR) is 54.1 cm³/mol. The highest BCUT2D eigenvalue weighted by Gasteiger charge is 2.06. The molecule has 2 heteroatoms. The van der Waals surface area contributed by atoms with E-state index in [0.717, 1.165) is 10.0 Å². The van der Waals surface area contributed by atoms with Crippen LogP contribution in [0.3, 0.4) is 0 Å². The highest BCUT2D eigenvalue weighted by molar-refractivity contribution is 9.11. The van der Waals surface area contributed by atoms with Crippen LogP contribution in [0.5, 0.6) is 0 Å². The van der Waals surface area contributed by atoms with E-state index in [9.17, 15) is 5.11 Å². The van der Waals surface area contributed by atoms with Crippen LogP contribution in [-0.2, 0) is 0 Å². The standard InChI is InChI=1S/C10H11BrO/c1-8(11)7-10(12)9-5-3-2-4-6-9/h2-6,10,12H,1,7H2. The van der Waals surface area contributed by atoms with E-state index in [0.29, 0.717) is 6.42 Å². The van der Waals surface area contributed by atoms with Crippen LogP contribution in [0.25, 0.3) is 0 Å². The molecule has 0 fully saturated rings. The molecule has 0 bridgehead atoms. The maximum Gasteiger partial charge on any atom is 0.0835 e. The second-order valence-corrected chi connectivity index (χ2v) is 3.77. The van der Waals surface area contributed by atoms with E-state index >= 15 is 0 Å². The summed E-state index contributed by atoms with van der Waals surface area (Å²) < 4.78 is 0.818. The lowest BCUT2D eigenvalue weighted by Gasteiger charge is -2.08. The Morgan fingerprint density at radius 3 is 2.50 bits per heavy atom. The van der Waals surface area contributed by atoms with Crippen LogP contribution < -0.4 is 0 Å². The molecule has 0 spiro atoms. The number of halogens is 1. The maximum absolute atomic E-state index is 9.60. The van der Waals surface area contributed by atoms with Crippen LogP contribution in [0.15, 0.2) is 41.4 Å². The van der Waals surface area contributed by atoms with Crippen molar-refractivity contribution >= 4 is 15.9 Å². The quantitative estimate of drug-likeness (QED) is 0.841. The molecule has 12 heavy (non-hydrogen) atoms. The van der Waals surface area contributed by atoms with Crippen LogP contribution in [0.2, 0.25) is 0 Å². The van der Waals surface area contributed by atoms with E-state index < -0.39 is 6.10 Å². The summed E-state index contributed by atoms with van der Waals surface area (Å²) in [7, 11) is 0. The average molecular weight is 227 g/mol. The normalized spacial score (nSPS) is 12.5. The fourth-order valence-electron chi connectivity index (χ4n) is 1.00. The maximum atomic E-state index is 9.60. The Kier molecular flexibility index (Phi) is 3.50. The molecule has 0 aromatic heterocycles. The first-order chi connectivity index (χ1) is 5.70. The van der Waals surface area contributed by atoms with Crippen molar-refractivity contribution in [3.63, 3.8) is 0 Å². The van der Waals surface area contributed by atoms with Crippen LogP contribution in [0.4, 0.5) is 0 Å². The Labute approximate surface area is 80.9 Å². The van der Waals surface area contributed by atoms with Gasteiger partial charge in [-0.25, -0.2) is 0 Å². The van der Waals surface area contributed by atoms with Crippen LogP contribution >= 0.6 is 15.9 Å². The van der Waals surface area contributed by atoms with Gasteiger partial charge in [-0.2, -0.15) is 0 Å². The third kappa shape index (κ3) is 2.80. The summed E-state index contributed by atoms with van der Waals surface area (Å²) in [5, 5.41) is 9.60. The summed E-state index contributed by atoms with van der Waals surface area (Å²) in [6.45, 7) is 3.68. The number of benzene rings is 1. The van der Waals surface area contributed by atoms with Gasteiger partial charge in [-0.1, -0.05) is 52.8 Å². The molecule has 1 atom stereocenters. The molecule has 0 saturated heterocycles. The average Bonchev–Trinajstić information content (AvgIpc) is 2.05. The lowest BCUT2D eigenvalue weighted by atomic mass is 10.1. The Bertz CT molecular complexity index is 256. The second kappa shape index (κ2) is 4.43. The first-order valence-corrected chi connectivity index (χ1v) is 4.55. The molecular formula is C10H11BrO. The van der Waals surface area contributed by atoms with Gasteiger partial charge in [0.25, 0.3) is 0 Å². The van der Waals surface area contributed by atoms with E-state index in [2.05, 4.69) is 22.5 Å². The third-order valence-electron chi connectivity index (χ3n) is 1.60. The minimum atomic E-state index is -0.446. The van der Waals surface area contributed by atoms with E-state index in [1.807, 2.05) is 30.3 Å². The van der Waals surface area contributed by atoms with E-state index in [-0.39, 0.29) is 0 Å². The van der Waals surface area contributed by atoms with Crippen molar-refractivity contribution in [3.8, 4) is 0 Å². The van der Waals surface area contributed by atoms with Crippen molar-refractivity contribution in [2.75, 3.05) is 0 Å². The molecule has 0 heterocycles. The summed E-state index contributed by atoms with van der Waals surface area (Å²) in [4.78, 5) is 0. The smallest absolute Gasteiger partial charge is 0.0835 e. The SMILES string of the molecule is C=C(Br)CC(O)c1ccccc1. The first-order valence-electron chi connectivity index (χ1n) is 3.76. The van der Waals surface area contributed by atoms with Gasteiger partial charge in [0, 0.05) is 6.42 Å². The zero-order valence-corrected chi connectivity index (χ0v) is 8.29. The number of aliphatic hydroxyl groups is 1. The molecule has 0 aliphatic rings. The zero-order chi connectivity index (χ0) is 8.97. The number of hydrogen-bond acceptors (Lipinski definition) is 1. The van der Waals surface area contributed by atoms with Gasteiger partial charge in [0.1, 0.15) is 0 Å². The van der Waals surface area contributed by atoms with Crippen molar-refractivity contribution in [2.24, 2.45) is 0 Å². The molecule has 0 saturated carbocycles. The van der Waals surface area contributed by atoms with E-state index in [1.165, 1.54) is 0 Å². The lowest BCUT2D eigenvalue weighted by Crippen LogP contribution is -1.95. The van der Waals surface area contributed by atoms with Gasteiger partial charge in [0.2, 0.25) is 0 Å². The molecule has 0 aliphatic heterocycles. The molecule has 1 aromatic carbocycles. The van der Waals surface area contributed by atoms with Crippen molar-refractivity contribution in [1.82, 2.24) is 0 Å².